The Labute approximate surface area is 238 Å². The molecule has 4 aliphatic carbocycles. The molecule has 3 fully saturated rings. The lowest BCUT2D eigenvalue weighted by Gasteiger charge is -2.58. The Morgan fingerprint density at radius 3 is 2.54 bits per heavy atom. The molecule has 222 valence electrons. The number of carboxylic acid groups (broad SMARTS) is 1. The molecule has 3 unspecified atom stereocenters. The summed E-state index contributed by atoms with van der Waals surface area (Å²) in [5.74, 6) is 4.29. The zero-order chi connectivity index (χ0) is 28.2. The first-order valence-electron chi connectivity index (χ1n) is 16.4. The first kappa shape index (κ1) is 30.4. The van der Waals surface area contributed by atoms with Gasteiger partial charge in [0.15, 0.2) is 0 Å². The number of carbonyl (C=O) groups is 2. The van der Waals surface area contributed by atoms with E-state index in [1.165, 1.54) is 51.4 Å². The summed E-state index contributed by atoms with van der Waals surface area (Å²) in [6.45, 7) is 13.0. The molecule has 39 heavy (non-hydrogen) atoms. The molecule has 0 bridgehead atoms. The van der Waals surface area contributed by atoms with Crippen molar-refractivity contribution >= 4 is 12.1 Å². The van der Waals surface area contributed by atoms with Gasteiger partial charge in [0.2, 0.25) is 0 Å². The Balaban J connectivity index is 1.30. The first-order valence-corrected chi connectivity index (χ1v) is 16.4. The van der Waals surface area contributed by atoms with Crippen LogP contribution in [0.2, 0.25) is 0 Å². The van der Waals surface area contributed by atoms with E-state index in [4.69, 9.17) is 9.84 Å². The lowest BCUT2D eigenvalue weighted by atomic mass is 9.47. The number of hydrogen-bond donors (Lipinski definition) is 2. The smallest absolute Gasteiger partial charge is 0.407 e. The summed E-state index contributed by atoms with van der Waals surface area (Å²) in [7, 11) is 0. The zero-order valence-electron chi connectivity index (χ0n) is 25.6. The van der Waals surface area contributed by atoms with E-state index in [0.29, 0.717) is 18.4 Å². The van der Waals surface area contributed by atoms with E-state index in [2.05, 4.69) is 46.0 Å². The summed E-state index contributed by atoms with van der Waals surface area (Å²) in [4.78, 5) is 23.0. The topological polar surface area (TPSA) is 75.6 Å². The second kappa shape index (κ2) is 13.0. The molecule has 0 radical (unpaired) electrons. The molecule has 2 N–H and O–H groups in total. The van der Waals surface area contributed by atoms with Gasteiger partial charge in [-0.15, -0.1) is 0 Å². The summed E-state index contributed by atoms with van der Waals surface area (Å²) in [6.07, 6.45) is 18.7. The highest BCUT2D eigenvalue weighted by molar-refractivity contribution is 5.67. The van der Waals surface area contributed by atoms with E-state index in [9.17, 15) is 9.59 Å². The van der Waals surface area contributed by atoms with Crippen LogP contribution in [0.1, 0.15) is 131 Å². The number of allylic oxidation sites excluding steroid dienone is 1. The van der Waals surface area contributed by atoms with Crippen LogP contribution in [0.15, 0.2) is 11.6 Å². The highest BCUT2D eigenvalue weighted by Crippen LogP contribution is 2.67. The summed E-state index contributed by atoms with van der Waals surface area (Å²) >= 11 is 0. The highest BCUT2D eigenvalue weighted by atomic mass is 16.6. The van der Waals surface area contributed by atoms with E-state index in [1.54, 1.807) is 5.57 Å². The molecule has 1 amide bonds. The number of hydrogen-bond acceptors (Lipinski definition) is 3. The van der Waals surface area contributed by atoms with Gasteiger partial charge in [-0.05, 0) is 104 Å². The van der Waals surface area contributed by atoms with Crippen molar-refractivity contribution in [3.63, 3.8) is 0 Å². The van der Waals surface area contributed by atoms with E-state index in [1.807, 2.05) is 0 Å². The van der Waals surface area contributed by atoms with Crippen LogP contribution in [0, 0.1) is 46.3 Å². The Hall–Kier alpha value is -1.52. The average Bonchev–Trinajstić information content (AvgIpc) is 3.23. The van der Waals surface area contributed by atoms with Gasteiger partial charge in [0.05, 0.1) is 0 Å². The Morgan fingerprint density at radius 2 is 1.79 bits per heavy atom. The number of fused-ring (bicyclic) bond motifs is 5. The fourth-order valence-electron chi connectivity index (χ4n) is 9.71. The number of carbonyl (C=O) groups excluding carboxylic acids is 1. The van der Waals surface area contributed by atoms with Gasteiger partial charge in [-0.1, -0.05) is 72.0 Å². The normalized spacial score (nSPS) is 36.4. The molecule has 5 nitrogen and oxygen atoms in total. The molecular weight excluding hydrogens is 486 g/mol. The van der Waals surface area contributed by atoms with E-state index in [0.717, 1.165) is 67.6 Å². The monoisotopic (exact) mass is 543 g/mol. The number of alkyl carbamates (subject to hydrolysis) is 1. The lowest BCUT2D eigenvalue weighted by molar-refractivity contribution is -0.137. The van der Waals surface area contributed by atoms with Gasteiger partial charge in [0, 0.05) is 19.4 Å². The molecular formula is C34H57NO4. The van der Waals surface area contributed by atoms with Gasteiger partial charge in [-0.2, -0.15) is 0 Å². The summed E-state index contributed by atoms with van der Waals surface area (Å²) < 4.78 is 5.85. The Morgan fingerprint density at radius 1 is 1.00 bits per heavy atom. The minimum absolute atomic E-state index is 0.0238. The fraction of sp³-hybridized carbons (Fsp3) is 0.882. The maximum Gasteiger partial charge on any atom is 0.407 e. The molecule has 0 heterocycles. The van der Waals surface area contributed by atoms with Gasteiger partial charge < -0.3 is 15.2 Å². The van der Waals surface area contributed by atoms with Crippen molar-refractivity contribution in [2.45, 2.75) is 137 Å². The van der Waals surface area contributed by atoms with Crippen molar-refractivity contribution in [3.8, 4) is 0 Å². The number of rotatable bonds is 12. The minimum Gasteiger partial charge on any atom is -0.481 e. The van der Waals surface area contributed by atoms with Gasteiger partial charge in [-0.3, -0.25) is 4.79 Å². The van der Waals surface area contributed by atoms with Gasteiger partial charge in [-0.25, -0.2) is 4.79 Å². The number of amides is 1. The number of aliphatic carboxylic acids is 1. The summed E-state index contributed by atoms with van der Waals surface area (Å²) in [6, 6.07) is 0. The minimum atomic E-state index is -0.758. The van der Waals surface area contributed by atoms with Crippen molar-refractivity contribution in [1.82, 2.24) is 5.32 Å². The third-order valence-corrected chi connectivity index (χ3v) is 11.9. The molecule has 3 saturated carbocycles. The fourth-order valence-corrected chi connectivity index (χ4v) is 9.71. The SMILES string of the molecule is CC(C)CCC[C@@H](C)[C@H]1CCC2C3CC=C4C[C@@H](OC(=O)NCCCCCC(=O)O)CC[C@]4(C)C3CC[C@@]21C. The molecule has 0 saturated heterocycles. The molecule has 0 aromatic rings. The quantitative estimate of drug-likeness (QED) is 0.190. The highest BCUT2D eigenvalue weighted by Gasteiger charge is 2.59. The van der Waals surface area contributed by atoms with Crippen molar-refractivity contribution in [3.05, 3.63) is 11.6 Å². The van der Waals surface area contributed by atoms with Gasteiger partial charge in [0.25, 0.3) is 0 Å². The van der Waals surface area contributed by atoms with Gasteiger partial charge in [0.1, 0.15) is 6.10 Å². The van der Waals surface area contributed by atoms with Crippen molar-refractivity contribution in [2.24, 2.45) is 46.3 Å². The number of unbranched alkanes of at least 4 members (excludes halogenated alkanes) is 2. The maximum atomic E-state index is 12.4. The molecule has 4 rings (SSSR count). The number of carboxylic acids is 1. The second-order valence-corrected chi connectivity index (χ2v) is 14.7. The molecule has 0 aliphatic heterocycles. The predicted octanol–water partition coefficient (Wildman–Crippen LogP) is 8.77. The van der Waals surface area contributed by atoms with Crippen LogP contribution in [-0.4, -0.2) is 29.8 Å². The van der Waals surface area contributed by atoms with Crippen LogP contribution < -0.4 is 5.32 Å². The number of nitrogens with one attached hydrogen (secondary N) is 1. The van der Waals surface area contributed by atoms with Crippen LogP contribution in [0.5, 0.6) is 0 Å². The molecule has 8 atom stereocenters. The van der Waals surface area contributed by atoms with Crippen LogP contribution in [0.3, 0.4) is 0 Å². The van der Waals surface area contributed by atoms with E-state index in [-0.39, 0.29) is 24.0 Å². The lowest BCUT2D eigenvalue weighted by Crippen LogP contribution is -2.51. The third kappa shape index (κ3) is 6.87. The zero-order valence-corrected chi connectivity index (χ0v) is 25.6. The average molecular weight is 544 g/mol. The van der Waals surface area contributed by atoms with Crippen molar-refractivity contribution in [2.75, 3.05) is 6.54 Å². The van der Waals surface area contributed by atoms with E-state index >= 15 is 0 Å². The Bertz CT molecular complexity index is 882. The third-order valence-electron chi connectivity index (χ3n) is 11.9. The largest absolute Gasteiger partial charge is 0.481 e. The Kier molecular flexibility index (Phi) is 10.1. The maximum absolute atomic E-state index is 12.4. The van der Waals surface area contributed by atoms with Crippen LogP contribution in [-0.2, 0) is 9.53 Å². The molecule has 0 aromatic heterocycles. The van der Waals surface area contributed by atoms with Crippen LogP contribution >= 0.6 is 0 Å². The molecule has 0 spiro atoms. The summed E-state index contributed by atoms with van der Waals surface area (Å²) in [5.41, 5.74) is 2.35. The standard InChI is InChI=1S/C34H57NO4/c1-23(2)10-9-11-24(3)28-15-16-29-27-14-13-25-22-26(39-32(38)35-21-8-6-7-12-31(36)37)17-19-33(25,4)30(27)18-20-34(28,29)5/h13,23-24,26-30H,6-12,14-22H2,1-5H3,(H,35,38)(H,36,37)/t24-,26+,27?,28-,29?,30?,33+,34-/m1/s1. The summed E-state index contributed by atoms with van der Waals surface area (Å²) in [5, 5.41) is 11.6. The first-order chi connectivity index (χ1) is 18.5. The predicted molar refractivity (Wildman–Crippen MR) is 157 cm³/mol. The second-order valence-electron chi connectivity index (χ2n) is 14.7. The van der Waals surface area contributed by atoms with Gasteiger partial charge >= 0.3 is 12.1 Å². The molecule has 4 aliphatic rings. The molecule has 0 aromatic carbocycles. The number of ether oxygens (including phenoxy) is 1. The molecule has 5 heteroatoms. The van der Waals surface area contributed by atoms with Crippen molar-refractivity contribution in [1.29, 1.82) is 0 Å². The van der Waals surface area contributed by atoms with E-state index < -0.39 is 5.97 Å². The van der Waals surface area contributed by atoms with Crippen LogP contribution in [0.4, 0.5) is 4.79 Å². The van der Waals surface area contributed by atoms with Crippen molar-refractivity contribution < 1.29 is 19.4 Å². The van der Waals surface area contributed by atoms with Crippen LogP contribution in [0.25, 0.3) is 0 Å².